The molecule has 3 rings (SSSR count). The summed E-state index contributed by atoms with van der Waals surface area (Å²) in [5, 5.41) is 0. The predicted molar refractivity (Wildman–Crippen MR) is 105 cm³/mol. The maximum absolute atomic E-state index is 12.2. The number of anilines is 1. The molecule has 1 fully saturated rings. The Kier molecular flexibility index (Phi) is 6.84. The van der Waals surface area contributed by atoms with E-state index >= 15 is 0 Å². The van der Waals surface area contributed by atoms with Crippen LogP contribution in [0.4, 0.5) is 5.69 Å². The summed E-state index contributed by atoms with van der Waals surface area (Å²) in [7, 11) is 1.67. The van der Waals surface area contributed by atoms with Gasteiger partial charge in [-0.15, -0.1) is 0 Å². The van der Waals surface area contributed by atoms with Crippen molar-refractivity contribution in [2.75, 3.05) is 44.9 Å². The Morgan fingerprint density at radius 2 is 2.04 bits per heavy atom. The molecule has 1 aromatic heterocycles. The molecule has 28 heavy (non-hydrogen) atoms. The van der Waals surface area contributed by atoms with Crippen molar-refractivity contribution in [3.05, 3.63) is 52.4 Å². The van der Waals surface area contributed by atoms with E-state index in [1.54, 1.807) is 14.0 Å². The number of esters is 1. The van der Waals surface area contributed by atoms with Crippen molar-refractivity contribution in [2.24, 2.45) is 0 Å². The molecule has 150 valence electrons. The molecule has 0 amide bonds. The minimum Gasteiger partial charge on any atom is -0.463 e. The molecule has 1 unspecified atom stereocenters. The fraction of sp³-hybridized carbons (Fsp3) is 0.429. The maximum atomic E-state index is 12.2. The van der Waals surface area contributed by atoms with E-state index in [0.29, 0.717) is 19.0 Å². The quantitative estimate of drug-likeness (QED) is 0.509. The van der Waals surface area contributed by atoms with E-state index in [0.717, 1.165) is 37.0 Å². The van der Waals surface area contributed by atoms with Crippen LogP contribution in [0.15, 0.2) is 45.8 Å². The SMILES string of the molecule is CCOC(=O)c1coc(-c2ccc(N3CCC(OCCOC)C3)cc2)cc1=O. The third kappa shape index (κ3) is 4.79. The number of carbonyl (C=O) groups is 1. The van der Waals surface area contributed by atoms with Crippen molar-refractivity contribution >= 4 is 11.7 Å². The third-order valence-corrected chi connectivity index (χ3v) is 4.63. The lowest BCUT2D eigenvalue weighted by molar-refractivity contribution is 0.0280. The molecule has 0 aliphatic carbocycles. The number of nitrogens with zero attached hydrogens (tertiary/aromatic N) is 1. The maximum Gasteiger partial charge on any atom is 0.345 e. The summed E-state index contributed by atoms with van der Waals surface area (Å²) in [5.41, 5.74) is 1.34. The minimum absolute atomic E-state index is 0.0983. The number of benzene rings is 1. The second kappa shape index (κ2) is 9.52. The number of hydrogen-bond acceptors (Lipinski definition) is 7. The van der Waals surface area contributed by atoms with Crippen molar-refractivity contribution < 1.29 is 23.4 Å². The van der Waals surface area contributed by atoms with Gasteiger partial charge in [-0.2, -0.15) is 0 Å². The molecule has 1 aliphatic heterocycles. The van der Waals surface area contributed by atoms with Gasteiger partial charge in [-0.05, 0) is 37.6 Å². The molecule has 1 aliphatic rings. The van der Waals surface area contributed by atoms with Gasteiger partial charge in [0.15, 0.2) is 5.43 Å². The first-order valence-corrected chi connectivity index (χ1v) is 9.38. The summed E-state index contributed by atoms with van der Waals surface area (Å²) in [5.74, 6) is -0.263. The largest absolute Gasteiger partial charge is 0.463 e. The second-order valence-corrected chi connectivity index (χ2v) is 6.51. The van der Waals surface area contributed by atoms with Crippen LogP contribution in [0.5, 0.6) is 0 Å². The Morgan fingerprint density at radius 1 is 1.25 bits per heavy atom. The molecular weight excluding hydrogens is 362 g/mol. The smallest absolute Gasteiger partial charge is 0.345 e. The van der Waals surface area contributed by atoms with E-state index in [4.69, 9.17) is 18.6 Å². The van der Waals surface area contributed by atoms with Crippen LogP contribution < -0.4 is 10.3 Å². The fourth-order valence-electron chi connectivity index (χ4n) is 3.15. The van der Waals surface area contributed by atoms with E-state index in [9.17, 15) is 9.59 Å². The van der Waals surface area contributed by atoms with Gasteiger partial charge in [-0.3, -0.25) is 4.79 Å². The number of hydrogen-bond donors (Lipinski definition) is 0. The molecule has 0 N–H and O–H groups in total. The van der Waals surface area contributed by atoms with Crippen LogP contribution in [-0.4, -0.2) is 52.1 Å². The van der Waals surface area contributed by atoms with E-state index in [2.05, 4.69) is 4.90 Å². The number of rotatable bonds is 8. The van der Waals surface area contributed by atoms with Gasteiger partial charge in [-0.25, -0.2) is 4.79 Å². The van der Waals surface area contributed by atoms with Crippen molar-refractivity contribution in [3.63, 3.8) is 0 Å². The van der Waals surface area contributed by atoms with E-state index in [1.165, 1.54) is 6.07 Å². The monoisotopic (exact) mass is 387 g/mol. The third-order valence-electron chi connectivity index (χ3n) is 4.63. The molecule has 0 saturated carbocycles. The zero-order chi connectivity index (χ0) is 19.9. The van der Waals surface area contributed by atoms with Crippen molar-refractivity contribution in [2.45, 2.75) is 19.4 Å². The van der Waals surface area contributed by atoms with Crippen LogP contribution in [0.3, 0.4) is 0 Å². The van der Waals surface area contributed by atoms with Gasteiger partial charge >= 0.3 is 5.97 Å². The molecule has 2 aromatic rings. The summed E-state index contributed by atoms with van der Waals surface area (Å²) >= 11 is 0. The zero-order valence-corrected chi connectivity index (χ0v) is 16.2. The van der Waals surface area contributed by atoms with Gasteiger partial charge in [0.05, 0.1) is 25.9 Å². The number of methoxy groups -OCH3 is 1. The van der Waals surface area contributed by atoms with Crippen molar-refractivity contribution in [1.82, 2.24) is 0 Å². The molecule has 1 atom stereocenters. The average molecular weight is 387 g/mol. The van der Waals surface area contributed by atoms with E-state index in [-0.39, 0.29) is 18.3 Å². The summed E-state index contributed by atoms with van der Waals surface area (Å²) in [6, 6.07) is 9.10. The van der Waals surface area contributed by atoms with Gasteiger partial charge < -0.3 is 23.5 Å². The summed E-state index contributed by atoms with van der Waals surface area (Å²) in [6.07, 6.45) is 2.35. The van der Waals surface area contributed by atoms with Crippen LogP contribution in [0.25, 0.3) is 11.3 Å². The second-order valence-electron chi connectivity index (χ2n) is 6.51. The highest BCUT2D eigenvalue weighted by molar-refractivity contribution is 5.89. The lowest BCUT2D eigenvalue weighted by atomic mass is 10.1. The molecule has 1 aromatic carbocycles. The van der Waals surface area contributed by atoms with Crippen LogP contribution in [-0.2, 0) is 14.2 Å². The Morgan fingerprint density at radius 3 is 2.71 bits per heavy atom. The first kappa shape index (κ1) is 20.1. The van der Waals surface area contributed by atoms with E-state index in [1.807, 2.05) is 24.3 Å². The van der Waals surface area contributed by atoms with Gasteiger partial charge in [0.2, 0.25) is 0 Å². The van der Waals surface area contributed by atoms with Crippen LogP contribution in [0.1, 0.15) is 23.7 Å². The van der Waals surface area contributed by atoms with Gasteiger partial charge in [-0.1, -0.05) is 0 Å². The van der Waals surface area contributed by atoms with Crippen LogP contribution >= 0.6 is 0 Å². The molecular formula is C21H25NO6. The summed E-state index contributed by atoms with van der Waals surface area (Å²) in [6.45, 7) is 4.87. The lowest BCUT2D eigenvalue weighted by Gasteiger charge is -2.19. The summed E-state index contributed by atoms with van der Waals surface area (Å²) in [4.78, 5) is 26.1. The lowest BCUT2D eigenvalue weighted by Crippen LogP contribution is -2.23. The van der Waals surface area contributed by atoms with Crippen molar-refractivity contribution in [3.8, 4) is 11.3 Å². The Balaban J connectivity index is 1.65. The molecule has 0 spiro atoms. The molecule has 0 bridgehead atoms. The Labute approximate surface area is 163 Å². The first-order chi connectivity index (χ1) is 13.6. The van der Waals surface area contributed by atoms with Gasteiger partial charge in [0, 0.05) is 37.5 Å². The molecule has 0 radical (unpaired) electrons. The Bertz CT molecular complexity index is 845. The van der Waals surface area contributed by atoms with Crippen molar-refractivity contribution in [1.29, 1.82) is 0 Å². The highest BCUT2D eigenvalue weighted by Gasteiger charge is 2.23. The standard InChI is InChI=1S/C21H25NO6/c1-3-26-21(24)18-14-28-20(12-19(18)23)15-4-6-16(7-5-15)22-9-8-17(13-22)27-11-10-25-2/h4-7,12,14,17H,3,8-11,13H2,1-2H3. The molecule has 7 heteroatoms. The highest BCUT2D eigenvalue weighted by Crippen LogP contribution is 2.26. The molecule has 7 nitrogen and oxygen atoms in total. The molecule has 1 saturated heterocycles. The van der Waals surface area contributed by atoms with Crippen LogP contribution in [0, 0.1) is 0 Å². The first-order valence-electron chi connectivity index (χ1n) is 9.38. The topological polar surface area (TPSA) is 78.2 Å². The predicted octanol–water partition coefficient (Wildman–Crippen LogP) is 2.73. The number of carbonyl (C=O) groups excluding carboxylic acids is 1. The Hall–Kier alpha value is -2.64. The zero-order valence-electron chi connectivity index (χ0n) is 16.2. The molecule has 2 heterocycles. The van der Waals surface area contributed by atoms with E-state index < -0.39 is 11.4 Å². The van der Waals surface area contributed by atoms with Crippen LogP contribution in [0.2, 0.25) is 0 Å². The highest BCUT2D eigenvalue weighted by atomic mass is 16.5. The summed E-state index contributed by atoms with van der Waals surface area (Å²) < 4.78 is 21.1. The normalized spacial score (nSPS) is 16.4. The average Bonchev–Trinajstić information content (AvgIpc) is 3.17. The number of ether oxygens (including phenoxy) is 3. The van der Waals surface area contributed by atoms with Gasteiger partial charge in [0.25, 0.3) is 0 Å². The fourth-order valence-corrected chi connectivity index (χ4v) is 3.15. The van der Waals surface area contributed by atoms with Gasteiger partial charge in [0.1, 0.15) is 17.6 Å². The minimum atomic E-state index is -0.672.